The van der Waals surface area contributed by atoms with Gasteiger partial charge < -0.3 is 19.9 Å². The number of hydrogen-bond acceptors (Lipinski definition) is 4. The lowest BCUT2D eigenvalue weighted by molar-refractivity contribution is 0.367. The molecule has 1 N–H and O–H groups in total. The Hall–Kier alpha value is -2.76. The molecule has 0 amide bonds. The highest BCUT2D eigenvalue weighted by molar-refractivity contribution is 5.80. The first-order valence-corrected chi connectivity index (χ1v) is 8.97. The third kappa shape index (κ3) is 4.25. The minimum Gasteiger partial charge on any atom is -0.495 e. The fraction of sp³-hybridized carbons (Fsp3) is 0.400. The lowest BCUT2D eigenvalue weighted by atomic mass is 10.2. The number of pyridine rings is 1. The molecule has 3 rings (SSSR count). The minimum absolute atomic E-state index is 0.682. The molecule has 0 bridgehead atoms. The summed E-state index contributed by atoms with van der Waals surface area (Å²) < 4.78 is 5.49. The lowest BCUT2D eigenvalue weighted by Crippen LogP contribution is -2.52. The van der Waals surface area contributed by atoms with Gasteiger partial charge in [-0.15, -0.1) is 0 Å². The van der Waals surface area contributed by atoms with Crippen LogP contribution in [0.2, 0.25) is 0 Å². The van der Waals surface area contributed by atoms with Crippen LogP contribution < -0.4 is 15.0 Å². The highest BCUT2D eigenvalue weighted by Gasteiger charge is 2.21. The van der Waals surface area contributed by atoms with Gasteiger partial charge >= 0.3 is 0 Å². The van der Waals surface area contributed by atoms with Gasteiger partial charge in [-0.2, -0.15) is 0 Å². The van der Waals surface area contributed by atoms with Gasteiger partial charge in [-0.05, 0) is 31.2 Å². The molecule has 0 radical (unpaired) electrons. The van der Waals surface area contributed by atoms with Crippen molar-refractivity contribution in [3.63, 3.8) is 0 Å². The number of hydrogen-bond donors (Lipinski definition) is 1. The number of piperazine rings is 1. The topological polar surface area (TPSA) is 53.0 Å². The molecular formula is C20H27N5O. The Morgan fingerprint density at radius 2 is 1.88 bits per heavy atom. The van der Waals surface area contributed by atoms with E-state index in [0.717, 1.165) is 55.0 Å². The smallest absolute Gasteiger partial charge is 0.194 e. The van der Waals surface area contributed by atoms with Gasteiger partial charge in [0.05, 0.1) is 25.0 Å². The van der Waals surface area contributed by atoms with E-state index in [1.807, 2.05) is 44.3 Å². The maximum absolute atomic E-state index is 5.49. The largest absolute Gasteiger partial charge is 0.495 e. The van der Waals surface area contributed by atoms with E-state index in [1.54, 1.807) is 7.11 Å². The van der Waals surface area contributed by atoms with Crippen LogP contribution in [0, 0.1) is 6.92 Å². The summed E-state index contributed by atoms with van der Waals surface area (Å²) in [4.78, 5) is 13.6. The van der Waals surface area contributed by atoms with Crippen LogP contribution in [-0.4, -0.2) is 56.2 Å². The van der Waals surface area contributed by atoms with Crippen LogP contribution in [0.4, 0.5) is 5.69 Å². The van der Waals surface area contributed by atoms with Crippen molar-refractivity contribution in [2.24, 2.45) is 4.99 Å². The number of benzene rings is 1. The van der Waals surface area contributed by atoms with Crippen molar-refractivity contribution in [1.82, 2.24) is 15.2 Å². The van der Waals surface area contributed by atoms with E-state index < -0.39 is 0 Å². The number of ether oxygens (including phenoxy) is 1. The summed E-state index contributed by atoms with van der Waals surface area (Å²) in [6.45, 7) is 6.39. The maximum Gasteiger partial charge on any atom is 0.194 e. The molecule has 1 aromatic heterocycles. The van der Waals surface area contributed by atoms with Crippen molar-refractivity contribution < 1.29 is 4.74 Å². The molecule has 1 saturated heterocycles. The summed E-state index contributed by atoms with van der Waals surface area (Å²) in [7, 11) is 3.55. The van der Waals surface area contributed by atoms with Crippen molar-refractivity contribution in [3.8, 4) is 5.75 Å². The van der Waals surface area contributed by atoms with Crippen LogP contribution in [-0.2, 0) is 6.54 Å². The van der Waals surface area contributed by atoms with Crippen LogP contribution in [0.25, 0.3) is 0 Å². The van der Waals surface area contributed by atoms with Gasteiger partial charge in [0.15, 0.2) is 5.96 Å². The van der Waals surface area contributed by atoms with Gasteiger partial charge in [0.2, 0.25) is 0 Å². The minimum atomic E-state index is 0.682. The van der Waals surface area contributed by atoms with Crippen molar-refractivity contribution in [1.29, 1.82) is 0 Å². The highest BCUT2D eigenvalue weighted by Crippen LogP contribution is 2.28. The van der Waals surface area contributed by atoms with E-state index >= 15 is 0 Å². The molecular weight excluding hydrogens is 326 g/mol. The molecule has 0 saturated carbocycles. The number of aromatic nitrogens is 1. The van der Waals surface area contributed by atoms with Gasteiger partial charge in [0, 0.05) is 38.9 Å². The van der Waals surface area contributed by atoms with Gasteiger partial charge in [0.25, 0.3) is 0 Å². The van der Waals surface area contributed by atoms with Crippen LogP contribution >= 0.6 is 0 Å². The molecule has 1 aliphatic rings. The Kier molecular flexibility index (Phi) is 5.94. The molecule has 1 aliphatic heterocycles. The second-order valence-corrected chi connectivity index (χ2v) is 6.32. The summed E-state index contributed by atoms with van der Waals surface area (Å²) in [5.41, 5.74) is 3.21. The number of guanidine groups is 1. The SMILES string of the molecule is CN=C(NCc1cccc(C)n1)N1CCN(c2ccccc2OC)CC1. The molecule has 1 fully saturated rings. The van der Waals surface area contributed by atoms with Gasteiger partial charge in [0.1, 0.15) is 5.75 Å². The normalized spacial score (nSPS) is 15.1. The molecule has 0 spiro atoms. The Bertz CT molecular complexity index is 753. The lowest BCUT2D eigenvalue weighted by Gasteiger charge is -2.38. The molecule has 2 aromatic rings. The molecule has 2 heterocycles. The van der Waals surface area contributed by atoms with Crippen LogP contribution in [0.15, 0.2) is 47.5 Å². The van der Waals surface area contributed by atoms with E-state index in [0.29, 0.717) is 6.54 Å². The van der Waals surface area contributed by atoms with E-state index in [1.165, 1.54) is 0 Å². The Balaban J connectivity index is 1.57. The first-order chi connectivity index (χ1) is 12.7. The van der Waals surface area contributed by atoms with Gasteiger partial charge in [-0.3, -0.25) is 9.98 Å². The summed E-state index contributed by atoms with van der Waals surface area (Å²) in [5, 5.41) is 3.43. The number of nitrogens with zero attached hydrogens (tertiary/aromatic N) is 4. The third-order valence-electron chi connectivity index (χ3n) is 4.59. The Labute approximate surface area is 155 Å². The van der Waals surface area contributed by atoms with E-state index in [4.69, 9.17) is 4.74 Å². The van der Waals surface area contributed by atoms with Gasteiger partial charge in [-0.1, -0.05) is 18.2 Å². The number of anilines is 1. The second-order valence-electron chi connectivity index (χ2n) is 6.32. The quantitative estimate of drug-likeness (QED) is 0.675. The Morgan fingerprint density at radius 1 is 1.12 bits per heavy atom. The first kappa shape index (κ1) is 18.0. The maximum atomic E-state index is 5.49. The van der Waals surface area contributed by atoms with Gasteiger partial charge in [-0.25, -0.2) is 0 Å². The van der Waals surface area contributed by atoms with E-state index in [2.05, 4.69) is 37.2 Å². The summed E-state index contributed by atoms with van der Waals surface area (Å²) in [5.74, 6) is 1.85. The molecule has 0 aliphatic carbocycles. The average molecular weight is 353 g/mol. The van der Waals surface area contributed by atoms with E-state index in [-0.39, 0.29) is 0 Å². The van der Waals surface area contributed by atoms with Crippen molar-refractivity contribution in [3.05, 3.63) is 53.9 Å². The molecule has 0 unspecified atom stereocenters. The van der Waals surface area contributed by atoms with Crippen molar-refractivity contribution >= 4 is 11.6 Å². The second kappa shape index (κ2) is 8.56. The number of rotatable bonds is 4. The first-order valence-electron chi connectivity index (χ1n) is 8.97. The fourth-order valence-electron chi connectivity index (χ4n) is 3.25. The van der Waals surface area contributed by atoms with Crippen molar-refractivity contribution in [2.75, 3.05) is 45.2 Å². The molecule has 0 atom stereocenters. The summed E-state index contributed by atoms with van der Waals surface area (Å²) >= 11 is 0. The zero-order valence-corrected chi connectivity index (χ0v) is 15.8. The molecule has 26 heavy (non-hydrogen) atoms. The zero-order chi connectivity index (χ0) is 18.4. The molecule has 6 nitrogen and oxygen atoms in total. The number of methoxy groups -OCH3 is 1. The molecule has 1 aromatic carbocycles. The standard InChI is InChI=1S/C20H27N5O/c1-16-7-6-8-17(23-16)15-22-20(21-2)25-13-11-24(12-14-25)18-9-4-5-10-19(18)26-3/h4-10H,11-15H2,1-3H3,(H,21,22). The summed E-state index contributed by atoms with van der Waals surface area (Å²) in [6, 6.07) is 14.3. The Morgan fingerprint density at radius 3 is 2.58 bits per heavy atom. The highest BCUT2D eigenvalue weighted by atomic mass is 16.5. The van der Waals surface area contributed by atoms with Crippen molar-refractivity contribution in [2.45, 2.75) is 13.5 Å². The number of aliphatic imine (C=N–C) groups is 1. The average Bonchev–Trinajstić information content (AvgIpc) is 2.69. The molecule has 138 valence electrons. The predicted molar refractivity (Wildman–Crippen MR) is 106 cm³/mol. The van der Waals surface area contributed by atoms with E-state index in [9.17, 15) is 0 Å². The number of nitrogens with one attached hydrogen (secondary N) is 1. The number of para-hydroxylation sites is 2. The van der Waals surface area contributed by atoms with Crippen LogP contribution in [0.5, 0.6) is 5.75 Å². The third-order valence-corrected chi connectivity index (χ3v) is 4.59. The monoisotopic (exact) mass is 353 g/mol. The van der Waals surface area contributed by atoms with Crippen LogP contribution in [0.3, 0.4) is 0 Å². The zero-order valence-electron chi connectivity index (χ0n) is 15.8. The molecule has 6 heteroatoms. The predicted octanol–water partition coefficient (Wildman–Crippen LogP) is 2.30. The summed E-state index contributed by atoms with van der Waals surface area (Å²) in [6.07, 6.45) is 0. The number of aryl methyl sites for hydroxylation is 1. The van der Waals surface area contributed by atoms with Crippen LogP contribution in [0.1, 0.15) is 11.4 Å². The fourth-order valence-corrected chi connectivity index (χ4v) is 3.25.